The third-order valence-corrected chi connectivity index (χ3v) is 5.80. The van der Waals surface area contributed by atoms with Gasteiger partial charge >= 0.3 is 12.1 Å². The summed E-state index contributed by atoms with van der Waals surface area (Å²) in [6.45, 7) is 1.87. The van der Waals surface area contributed by atoms with Gasteiger partial charge in [-0.3, -0.25) is 4.79 Å². The fraction of sp³-hybridized carbons (Fsp3) is 0.280. The first-order chi connectivity index (χ1) is 16.5. The predicted octanol–water partition coefficient (Wildman–Crippen LogP) is 3.70. The number of nitrogens with one attached hydrogen (secondary N) is 2. The highest BCUT2D eigenvalue weighted by molar-refractivity contribution is 5.87. The number of ether oxygens (including phenoxy) is 1. The zero-order chi connectivity index (χ0) is 24.1. The Balaban J connectivity index is 1.36. The third kappa shape index (κ3) is 4.78. The van der Waals surface area contributed by atoms with Crippen molar-refractivity contribution in [2.24, 2.45) is 0 Å². The SMILES string of the molecule is CCCC(NC(=O)OCC1c2ccccc2-c2ccccc21)C(=O)NCc1ocnc1C(=O)O. The number of carboxylic acids is 1. The average molecular weight is 463 g/mol. The molecule has 176 valence electrons. The van der Waals surface area contributed by atoms with Crippen molar-refractivity contribution in [3.05, 3.63) is 77.5 Å². The van der Waals surface area contributed by atoms with E-state index in [4.69, 9.17) is 14.3 Å². The second-order valence-electron chi connectivity index (χ2n) is 7.96. The molecule has 2 aromatic carbocycles. The molecule has 34 heavy (non-hydrogen) atoms. The Hall–Kier alpha value is -4.14. The first-order valence-corrected chi connectivity index (χ1v) is 11.0. The molecular formula is C25H25N3O6. The molecule has 1 heterocycles. The zero-order valence-corrected chi connectivity index (χ0v) is 18.6. The number of rotatable bonds is 9. The van der Waals surface area contributed by atoms with Crippen molar-refractivity contribution in [1.82, 2.24) is 15.6 Å². The Labute approximate surface area is 196 Å². The van der Waals surface area contributed by atoms with E-state index >= 15 is 0 Å². The highest BCUT2D eigenvalue weighted by Crippen LogP contribution is 2.44. The van der Waals surface area contributed by atoms with Crippen LogP contribution in [0.4, 0.5) is 4.79 Å². The van der Waals surface area contributed by atoms with Gasteiger partial charge in [0.1, 0.15) is 12.6 Å². The molecule has 1 aliphatic carbocycles. The van der Waals surface area contributed by atoms with Crippen molar-refractivity contribution in [2.75, 3.05) is 6.61 Å². The number of aromatic nitrogens is 1. The summed E-state index contributed by atoms with van der Waals surface area (Å²) in [7, 11) is 0. The molecule has 4 rings (SSSR count). The quantitative estimate of drug-likeness (QED) is 0.441. The predicted molar refractivity (Wildman–Crippen MR) is 122 cm³/mol. The van der Waals surface area contributed by atoms with E-state index in [-0.39, 0.29) is 30.5 Å². The van der Waals surface area contributed by atoms with E-state index in [2.05, 4.69) is 27.8 Å². The number of oxazole rings is 1. The minimum atomic E-state index is -1.25. The molecule has 1 atom stereocenters. The van der Waals surface area contributed by atoms with Crippen molar-refractivity contribution in [3.8, 4) is 11.1 Å². The largest absolute Gasteiger partial charge is 0.476 e. The Morgan fingerprint density at radius 3 is 2.35 bits per heavy atom. The van der Waals surface area contributed by atoms with Gasteiger partial charge in [-0.15, -0.1) is 0 Å². The maximum absolute atomic E-state index is 12.6. The van der Waals surface area contributed by atoms with Crippen LogP contribution in [0, 0.1) is 0 Å². The first-order valence-electron chi connectivity index (χ1n) is 11.0. The van der Waals surface area contributed by atoms with Crippen LogP contribution in [0.5, 0.6) is 0 Å². The minimum absolute atomic E-state index is 0.0252. The first kappa shape index (κ1) is 23.0. The van der Waals surface area contributed by atoms with E-state index in [9.17, 15) is 14.4 Å². The molecule has 2 amide bonds. The average Bonchev–Trinajstić information content (AvgIpc) is 3.44. The van der Waals surface area contributed by atoms with Crippen LogP contribution in [0.1, 0.15) is 53.1 Å². The number of amides is 2. The summed E-state index contributed by atoms with van der Waals surface area (Å²) >= 11 is 0. The van der Waals surface area contributed by atoms with E-state index in [0.29, 0.717) is 12.8 Å². The lowest BCUT2D eigenvalue weighted by molar-refractivity contribution is -0.123. The molecule has 9 nitrogen and oxygen atoms in total. The molecule has 0 saturated carbocycles. The molecule has 1 aromatic heterocycles. The van der Waals surface area contributed by atoms with Crippen LogP contribution in [-0.4, -0.2) is 40.7 Å². The number of carbonyl (C=O) groups excluding carboxylic acids is 2. The van der Waals surface area contributed by atoms with Gasteiger partial charge in [-0.2, -0.15) is 0 Å². The van der Waals surface area contributed by atoms with E-state index in [1.165, 1.54) is 0 Å². The number of carboxylic acid groups (broad SMARTS) is 1. The van der Waals surface area contributed by atoms with Crippen LogP contribution in [-0.2, 0) is 16.1 Å². The molecule has 0 aliphatic heterocycles. The zero-order valence-electron chi connectivity index (χ0n) is 18.6. The number of aromatic carboxylic acids is 1. The Morgan fingerprint density at radius 2 is 1.74 bits per heavy atom. The number of hydrogen-bond acceptors (Lipinski definition) is 6. The molecule has 1 aliphatic rings. The Kier molecular flexibility index (Phi) is 6.91. The molecule has 0 spiro atoms. The van der Waals surface area contributed by atoms with Gasteiger partial charge in [-0.05, 0) is 28.7 Å². The summed E-state index contributed by atoms with van der Waals surface area (Å²) in [5, 5.41) is 14.3. The fourth-order valence-corrected chi connectivity index (χ4v) is 4.20. The maximum atomic E-state index is 12.6. The van der Waals surface area contributed by atoms with Crippen LogP contribution in [0.2, 0.25) is 0 Å². The summed E-state index contributed by atoms with van der Waals surface area (Å²) in [5.74, 6) is -1.78. The summed E-state index contributed by atoms with van der Waals surface area (Å²) in [4.78, 5) is 40.0. The lowest BCUT2D eigenvalue weighted by Gasteiger charge is -2.19. The van der Waals surface area contributed by atoms with E-state index in [0.717, 1.165) is 28.6 Å². The monoisotopic (exact) mass is 463 g/mol. The molecule has 0 radical (unpaired) electrons. The Morgan fingerprint density at radius 1 is 1.09 bits per heavy atom. The van der Waals surface area contributed by atoms with Gasteiger partial charge < -0.3 is 24.9 Å². The van der Waals surface area contributed by atoms with Gasteiger partial charge in [0.2, 0.25) is 5.91 Å². The van der Waals surface area contributed by atoms with Crippen molar-refractivity contribution in [1.29, 1.82) is 0 Å². The number of alkyl carbamates (subject to hydrolysis) is 1. The highest BCUT2D eigenvalue weighted by atomic mass is 16.5. The summed E-state index contributed by atoms with van der Waals surface area (Å²) in [6, 6.07) is 15.2. The second kappa shape index (κ2) is 10.2. The van der Waals surface area contributed by atoms with Crippen molar-refractivity contribution in [2.45, 2.75) is 38.3 Å². The normalized spacial score (nSPS) is 13.0. The van der Waals surface area contributed by atoms with Crippen LogP contribution in [0.25, 0.3) is 11.1 Å². The third-order valence-electron chi connectivity index (χ3n) is 5.80. The molecular weight excluding hydrogens is 438 g/mol. The second-order valence-corrected chi connectivity index (χ2v) is 7.96. The van der Waals surface area contributed by atoms with Crippen LogP contribution in [0.15, 0.2) is 59.3 Å². The molecule has 0 bridgehead atoms. The van der Waals surface area contributed by atoms with Gasteiger partial charge in [0.05, 0.1) is 6.54 Å². The number of benzene rings is 2. The van der Waals surface area contributed by atoms with Crippen molar-refractivity contribution < 1.29 is 28.6 Å². The number of hydrogen-bond donors (Lipinski definition) is 3. The van der Waals surface area contributed by atoms with Crippen molar-refractivity contribution >= 4 is 18.0 Å². The number of carbonyl (C=O) groups is 3. The summed E-state index contributed by atoms with van der Waals surface area (Å²) in [6.07, 6.45) is 1.34. The minimum Gasteiger partial charge on any atom is -0.476 e. The van der Waals surface area contributed by atoms with E-state index < -0.39 is 24.0 Å². The summed E-state index contributed by atoms with van der Waals surface area (Å²) in [5.41, 5.74) is 4.19. The molecule has 3 N–H and O–H groups in total. The smallest absolute Gasteiger partial charge is 0.407 e. The molecule has 3 aromatic rings. The molecule has 0 fully saturated rings. The number of fused-ring (bicyclic) bond motifs is 3. The topological polar surface area (TPSA) is 131 Å². The maximum Gasteiger partial charge on any atom is 0.407 e. The van der Waals surface area contributed by atoms with E-state index in [1.54, 1.807) is 0 Å². The van der Waals surface area contributed by atoms with Gasteiger partial charge in [0.15, 0.2) is 17.8 Å². The molecule has 9 heteroatoms. The van der Waals surface area contributed by atoms with Gasteiger partial charge in [-0.1, -0.05) is 61.9 Å². The molecule has 1 unspecified atom stereocenters. The highest BCUT2D eigenvalue weighted by Gasteiger charge is 2.30. The Bertz CT molecular complexity index is 1160. The van der Waals surface area contributed by atoms with Gasteiger partial charge in [-0.25, -0.2) is 14.6 Å². The van der Waals surface area contributed by atoms with E-state index in [1.807, 2.05) is 43.3 Å². The van der Waals surface area contributed by atoms with Crippen LogP contribution < -0.4 is 10.6 Å². The van der Waals surface area contributed by atoms with Crippen LogP contribution in [0.3, 0.4) is 0 Å². The number of nitrogens with zero attached hydrogens (tertiary/aromatic N) is 1. The van der Waals surface area contributed by atoms with Crippen LogP contribution >= 0.6 is 0 Å². The standard InChI is InChI=1S/C25H25N3O6/c1-2-7-20(23(29)26-12-21-22(24(30)31)27-14-34-21)28-25(32)33-13-19-17-10-5-3-8-15(17)16-9-4-6-11-18(16)19/h3-6,8-11,14,19-20H,2,7,12-13H2,1H3,(H,26,29)(H,28,32)(H,30,31). The lowest BCUT2D eigenvalue weighted by Crippen LogP contribution is -2.46. The fourth-order valence-electron chi connectivity index (χ4n) is 4.20. The van der Waals surface area contributed by atoms with Gasteiger partial charge in [0.25, 0.3) is 0 Å². The molecule has 0 saturated heterocycles. The van der Waals surface area contributed by atoms with Gasteiger partial charge in [0, 0.05) is 5.92 Å². The lowest BCUT2D eigenvalue weighted by atomic mass is 9.98. The summed E-state index contributed by atoms with van der Waals surface area (Å²) < 4.78 is 10.6. The van der Waals surface area contributed by atoms with Crippen molar-refractivity contribution in [3.63, 3.8) is 0 Å².